The van der Waals surface area contributed by atoms with Crippen LogP contribution in [0.15, 0.2) is 30.3 Å². The van der Waals surface area contributed by atoms with Crippen LogP contribution < -0.4 is 5.73 Å². The Balaban J connectivity index is 2.38. The number of hydrogen-bond acceptors (Lipinski definition) is 2. The fourth-order valence-corrected chi connectivity index (χ4v) is 4.64. The molecule has 0 saturated heterocycles. The Bertz CT molecular complexity index is 790. The lowest BCUT2D eigenvalue weighted by Crippen LogP contribution is -2.38. The monoisotopic (exact) mass is 326 g/mol. The molecule has 1 aliphatic rings. The third kappa shape index (κ3) is 2.20. The van der Waals surface area contributed by atoms with E-state index in [1.165, 1.54) is 11.3 Å². The predicted molar refractivity (Wildman–Crippen MR) is 95.4 cm³/mol. The van der Waals surface area contributed by atoms with Crippen molar-refractivity contribution in [1.29, 1.82) is 0 Å². The topological polar surface area (TPSA) is 57.2 Å². The second kappa shape index (κ2) is 5.49. The number of amides is 1. The third-order valence-electron chi connectivity index (χ3n) is 5.37. The fourth-order valence-electron chi connectivity index (χ4n) is 4.64. The number of rotatable bonds is 4. The Morgan fingerprint density at radius 2 is 1.83 bits per heavy atom. The zero-order valence-corrected chi connectivity index (χ0v) is 15.1. The van der Waals surface area contributed by atoms with Crippen LogP contribution in [-0.4, -0.2) is 17.6 Å². The molecule has 3 rings (SSSR count). The number of para-hydroxylation sites is 1. The highest BCUT2D eigenvalue weighted by Crippen LogP contribution is 2.53. The molecule has 1 amide bonds. The summed E-state index contributed by atoms with van der Waals surface area (Å²) in [5, 5.41) is 0. The summed E-state index contributed by atoms with van der Waals surface area (Å²) in [5.41, 5.74) is 10.6. The lowest BCUT2D eigenvalue weighted by Gasteiger charge is -2.27. The summed E-state index contributed by atoms with van der Waals surface area (Å²) in [6.45, 7) is 8.93. The van der Waals surface area contributed by atoms with Crippen molar-refractivity contribution in [1.82, 2.24) is 4.57 Å². The lowest BCUT2D eigenvalue weighted by molar-refractivity contribution is -0.123. The summed E-state index contributed by atoms with van der Waals surface area (Å²) < 4.78 is 7.72. The molecule has 0 fully saturated rings. The molecule has 0 aliphatic heterocycles. The van der Waals surface area contributed by atoms with E-state index in [1.54, 1.807) is 7.11 Å². The number of primary amides is 1. The normalized spacial score (nSPS) is 21.7. The molecule has 1 aliphatic carbocycles. The largest absolute Gasteiger partial charge is 0.378 e. The molecular formula is C20H26N2O2. The van der Waals surface area contributed by atoms with E-state index in [2.05, 4.69) is 37.5 Å². The fraction of sp³-hybridized carbons (Fsp3) is 0.450. The van der Waals surface area contributed by atoms with Crippen molar-refractivity contribution in [3.8, 4) is 5.69 Å². The number of nitrogens with zero attached hydrogens (tertiary/aromatic N) is 1. The van der Waals surface area contributed by atoms with Gasteiger partial charge in [-0.2, -0.15) is 0 Å². The number of hydrogen-bond donors (Lipinski definition) is 1. The molecule has 1 unspecified atom stereocenters. The summed E-state index contributed by atoms with van der Waals surface area (Å²) in [6, 6.07) is 10.2. The Kier molecular flexibility index (Phi) is 3.83. The van der Waals surface area contributed by atoms with E-state index in [0.717, 1.165) is 23.4 Å². The van der Waals surface area contributed by atoms with Crippen LogP contribution in [0.2, 0.25) is 0 Å². The number of benzene rings is 1. The molecule has 1 heterocycles. The summed E-state index contributed by atoms with van der Waals surface area (Å²) in [4.78, 5) is 12.4. The first-order valence-electron chi connectivity index (χ1n) is 8.33. The molecular weight excluding hydrogens is 300 g/mol. The van der Waals surface area contributed by atoms with Gasteiger partial charge in [0.1, 0.15) is 0 Å². The van der Waals surface area contributed by atoms with Crippen molar-refractivity contribution < 1.29 is 9.53 Å². The van der Waals surface area contributed by atoms with Crippen LogP contribution in [0.5, 0.6) is 0 Å². The van der Waals surface area contributed by atoms with Crippen molar-refractivity contribution in [2.75, 3.05) is 7.11 Å². The Hall–Kier alpha value is -2.07. The second-order valence-corrected chi connectivity index (χ2v) is 7.64. The number of fused-ring (bicyclic) bond motifs is 1. The first-order chi connectivity index (χ1) is 11.2. The first-order valence-corrected chi connectivity index (χ1v) is 8.33. The van der Waals surface area contributed by atoms with E-state index in [0.29, 0.717) is 6.61 Å². The van der Waals surface area contributed by atoms with Gasteiger partial charge in [-0.1, -0.05) is 32.0 Å². The minimum atomic E-state index is -0.669. The summed E-state index contributed by atoms with van der Waals surface area (Å²) in [7, 11) is 1.69. The molecule has 24 heavy (non-hydrogen) atoms. The van der Waals surface area contributed by atoms with Gasteiger partial charge < -0.3 is 15.0 Å². The van der Waals surface area contributed by atoms with Crippen LogP contribution in [-0.2, 0) is 27.0 Å². The van der Waals surface area contributed by atoms with E-state index >= 15 is 0 Å². The van der Waals surface area contributed by atoms with Crippen LogP contribution in [0, 0.1) is 6.92 Å². The maximum absolute atomic E-state index is 12.4. The molecule has 4 heteroatoms. The van der Waals surface area contributed by atoms with Gasteiger partial charge in [0.25, 0.3) is 0 Å². The highest BCUT2D eigenvalue weighted by Gasteiger charge is 2.52. The zero-order chi connectivity index (χ0) is 17.7. The number of nitrogens with two attached hydrogens (primary N) is 1. The number of methoxy groups -OCH3 is 1. The van der Waals surface area contributed by atoms with Gasteiger partial charge in [0, 0.05) is 18.5 Å². The highest BCUT2D eigenvalue weighted by molar-refractivity contribution is 5.89. The maximum atomic E-state index is 12.4. The molecule has 1 atom stereocenters. The van der Waals surface area contributed by atoms with Gasteiger partial charge in [-0.05, 0) is 48.9 Å². The molecule has 0 saturated carbocycles. The van der Waals surface area contributed by atoms with E-state index < -0.39 is 5.41 Å². The van der Waals surface area contributed by atoms with Gasteiger partial charge in [-0.25, -0.2) is 0 Å². The van der Waals surface area contributed by atoms with Crippen molar-refractivity contribution in [2.24, 2.45) is 5.73 Å². The van der Waals surface area contributed by atoms with Gasteiger partial charge >= 0.3 is 0 Å². The predicted octanol–water partition coefficient (Wildman–Crippen LogP) is 3.36. The molecule has 2 N–H and O–H groups in total. The van der Waals surface area contributed by atoms with Gasteiger partial charge in [0.05, 0.1) is 17.7 Å². The van der Waals surface area contributed by atoms with Crippen LogP contribution in [0.1, 0.15) is 49.7 Å². The lowest BCUT2D eigenvalue weighted by atomic mass is 9.78. The standard InChI is InChI=1S/C20H26N2O2/c1-13-16-17(20(4,18(21)23)12-19(16,2)3)15(11-24-5)22(13)14-9-7-6-8-10-14/h6-10H,11-12H2,1-5H3,(H2,21,23). The quantitative estimate of drug-likeness (QED) is 0.936. The van der Waals surface area contributed by atoms with Gasteiger partial charge in [-0.3, -0.25) is 4.79 Å². The number of ether oxygens (including phenoxy) is 1. The molecule has 4 nitrogen and oxygen atoms in total. The Morgan fingerprint density at radius 3 is 2.38 bits per heavy atom. The van der Waals surface area contributed by atoms with Crippen molar-refractivity contribution in [3.63, 3.8) is 0 Å². The molecule has 0 radical (unpaired) electrons. The smallest absolute Gasteiger partial charge is 0.227 e. The molecule has 1 aromatic heterocycles. The van der Waals surface area contributed by atoms with Crippen LogP contribution in [0.25, 0.3) is 5.69 Å². The van der Waals surface area contributed by atoms with E-state index in [1.807, 2.05) is 25.1 Å². The van der Waals surface area contributed by atoms with Gasteiger partial charge in [-0.15, -0.1) is 0 Å². The molecule has 0 spiro atoms. The summed E-state index contributed by atoms with van der Waals surface area (Å²) in [6.07, 6.45) is 0.729. The second-order valence-electron chi connectivity index (χ2n) is 7.64. The van der Waals surface area contributed by atoms with Crippen LogP contribution >= 0.6 is 0 Å². The average Bonchev–Trinajstić information content (AvgIpc) is 2.93. The minimum absolute atomic E-state index is 0.105. The van der Waals surface area contributed by atoms with Crippen molar-refractivity contribution >= 4 is 5.91 Å². The Morgan fingerprint density at radius 1 is 1.21 bits per heavy atom. The molecule has 2 aromatic rings. The molecule has 128 valence electrons. The van der Waals surface area contributed by atoms with Crippen molar-refractivity contribution in [3.05, 3.63) is 52.8 Å². The van der Waals surface area contributed by atoms with Crippen LogP contribution in [0.4, 0.5) is 0 Å². The number of carbonyl (C=O) groups is 1. The van der Waals surface area contributed by atoms with Gasteiger partial charge in [0.15, 0.2) is 0 Å². The van der Waals surface area contributed by atoms with E-state index in [-0.39, 0.29) is 11.3 Å². The summed E-state index contributed by atoms with van der Waals surface area (Å²) in [5.74, 6) is -0.267. The third-order valence-corrected chi connectivity index (χ3v) is 5.37. The maximum Gasteiger partial charge on any atom is 0.227 e. The van der Waals surface area contributed by atoms with E-state index in [9.17, 15) is 4.79 Å². The van der Waals surface area contributed by atoms with Crippen molar-refractivity contribution in [2.45, 2.75) is 51.6 Å². The van der Waals surface area contributed by atoms with E-state index in [4.69, 9.17) is 10.5 Å². The number of aromatic nitrogens is 1. The molecule has 1 aromatic carbocycles. The van der Waals surface area contributed by atoms with Crippen LogP contribution in [0.3, 0.4) is 0 Å². The number of carbonyl (C=O) groups excluding carboxylic acids is 1. The first kappa shape index (κ1) is 16.8. The minimum Gasteiger partial charge on any atom is -0.378 e. The SMILES string of the molecule is COCc1c2c(c(C)n1-c1ccccc1)C(C)(C)CC2(C)C(N)=O. The summed E-state index contributed by atoms with van der Waals surface area (Å²) >= 11 is 0. The Labute approximate surface area is 143 Å². The van der Waals surface area contributed by atoms with Gasteiger partial charge in [0.2, 0.25) is 5.91 Å². The average molecular weight is 326 g/mol. The molecule has 0 bridgehead atoms. The zero-order valence-electron chi connectivity index (χ0n) is 15.1. The highest BCUT2D eigenvalue weighted by atomic mass is 16.5.